The Balaban J connectivity index is 3.88. The van der Waals surface area contributed by atoms with Gasteiger partial charge in [-0.2, -0.15) is 31.6 Å². The third-order valence-electron chi connectivity index (χ3n) is 2.45. The lowest BCUT2D eigenvalue weighted by Crippen LogP contribution is -2.24. The van der Waals surface area contributed by atoms with Crippen molar-refractivity contribution in [3.63, 3.8) is 0 Å². The van der Waals surface area contributed by atoms with Crippen LogP contribution in [0.1, 0.15) is 28.4 Å². The number of aliphatic hydroxyl groups excluding tert-OH is 1. The van der Waals surface area contributed by atoms with Gasteiger partial charge in [0.2, 0.25) is 0 Å². The molecule has 114 valence electrons. The molecule has 1 rings (SSSR count). The normalized spacial score (nSPS) is 13.6. The topological polar surface area (TPSA) is 81.3 Å². The van der Waals surface area contributed by atoms with E-state index < -0.39 is 46.7 Å². The van der Waals surface area contributed by atoms with Crippen molar-refractivity contribution in [3.8, 4) is 6.07 Å². The maximum atomic E-state index is 12.9. The van der Waals surface area contributed by atoms with E-state index in [-0.39, 0.29) is 0 Å². The molecule has 2 N–H and O–H groups in total. The summed E-state index contributed by atoms with van der Waals surface area (Å²) in [6.45, 7) is 0. The summed E-state index contributed by atoms with van der Waals surface area (Å²) in [6.07, 6.45) is -14.0. The van der Waals surface area contributed by atoms with Gasteiger partial charge in [0, 0.05) is 5.56 Å². The van der Waals surface area contributed by atoms with E-state index >= 15 is 0 Å². The predicted octanol–water partition coefficient (Wildman–Crippen LogP) is 2.71. The van der Waals surface area contributed by atoms with Crippen LogP contribution in [0, 0.1) is 11.3 Å². The molecule has 1 aromatic carbocycles. The molecule has 0 saturated heterocycles. The molecule has 0 bridgehead atoms. The Kier molecular flexibility index (Phi) is 4.19. The quantitative estimate of drug-likeness (QED) is 0.823. The fraction of sp³-hybridized carbons (Fsp3) is 0.273. The second-order valence-corrected chi connectivity index (χ2v) is 3.80. The Morgan fingerprint density at radius 3 is 1.90 bits per heavy atom. The molecule has 10 heteroatoms. The summed E-state index contributed by atoms with van der Waals surface area (Å²) >= 11 is 0. The van der Waals surface area contributed by atoms with Crippen molar-refractivity contribution < 1.29 is 41.4 Å². The third-order valence-corrected chi connectivity index (χ3v) is 2.45. The minimum Gasteiger partial charge on any atom is -0.479 e. The number of nitriles is 1. The van der Waals surface area contributed by atoms with Crippen molar-refractivity contribution in [1.82, 2.24) is 0 Å². The van der Waals surface area contributed by atoms with E-state index in [9.17, 15) is 31.1 Å². The number of aliphatic hydroxyl groups is 1. The number of carboxylic acid groups (broad SMARTS) is 1. The molecule has 0 fully saturated rings. The second kappa shape index (κ2) is 5.25. The molecule has 0 heterocycles. The van der Waals surface area contributed by atoms with Gasteiger partial charge in [0.25, 0.3) is 0 Å². The molecule has 0 saturated carbocycles. The smallest absolute Gasteiger partial charge is 0.418 e. The lowest BCUT2D eigenvalue weighted by molar-refractivity contribution is -0.164. The highest BCUT2D eigenvalue weighted by atomic mass is 19.4. The Bertz CT molecular complexity index is 614. The molecule has 1 unspecified atom stereocenters. The summed E-state index contributed by atoms with van der Waals surface area (Å²) in [5.74, 6) is -2.15. The van der Waals surface area contributed by atoms with Crippen molar-refractivity contribution in [1.29, 1.82) is 5.26 Å². The summed E-state index contributed by atoms with van der Waals surface area (Å²) in [6, 6.07) is 1.66. The van der Waals surface area contributed by atoms with Crippen molar-refractivity contribution in [2.45, 2.75) is 18.5 Å². The van der Waals surface area contributed by atoms with E-state index in [1.807, 2.05) is 0 Å². The van der Waals surface area contributed by atoms with Crippen LogP contribution >= 0.6 is 0 Å². The highest BCUT2D eigenvalue weighted by Gasteiger charge is 2.48. The average Bonchev–Trinajstić information content (AvgIpc) is 2.33. The predicted molar refractivity (Wildman–Crippen MR) is 53.8 cm³/mol. The number of hydrogen-bond acceptors (Lipinski definition) is 3. The second-order valence-electron chi connectivity index (χ2n) is 3.80. The zero-order chi connectivity index (χ0) is 16.6. The Hall–Kier alpha value is -2.28. The molecule has 21 heavy (non-hydrogen) atoms. The first-order valence-electron chi connectivity index (χ1n) is 5.03. The number of carbonyl (C=O) groups is 1. The number of nitrogens with zero attached hydrogens (tertiary/aromatic N) is 1. The van der Waals surface area contributed by atoms with Crippen molar-refractivity contribution in [2.24, 2.45) is 0 Å². The summed E-state index contributed by atoms with van der Waals surface area (Å²) in [4.78, 5) is 10.5. The number of carboxylic acids is 1. The molecular weight excluding hydrogens is 308 g/mol. The molecule has 0 radical (unpaired) electrons. The summed E-state index contributed by atoms with van der Waals surface area (Å²) in [5, 5.41) is 26.1. The largest absolute Gasteiger partial charge is 0.479 e. The molecule has 0 aliphatic heterocycles. The highest BCUT2D eigenvalue weighted by molar-refractivity contribution is 5.75. The number of benzene rings is 1. The molecule has 0 amide bonds. The fourth-order valence-electron chi connectivity index (χ4n) is 1.67. The van der Waals surface area contributed by atoms with Crippen LogP contribution < -0.4 is 0 Å². The van der Waals surface area contributed by atoms with Crippen LogP contribution in [-0.2, 0) is 17.1 Å². The molecule has 0 aliphatic carbocycles. The van der Waals surface area contributed by atoms with Gasteiger partial charge < -0.3 is 10.2 Å². The van der Waals surface area contributed by atoms with Gasteiger partial charge in [-0.3, -0.25) is 0 Å². The van der Waals surface area contributed by atoms with Crippen LogP contribution in [0.4, 0.5) is 26.3 Å². The van der Waals surface area contributed by atoms with Crippen LogP contribution in [-0.4, -0.2) is 16.2 Å². The van der Waals surface area contributed by atoms with Gasteiger partial charge in [-0.25, -0.2) is 4.79 Å². The molecule has 0 aliphatic rings. The lowest BCUT2D eigenvalue weighted by Gasteiger charge is -2.21. The van der Waals surface area contributed by atoms with Crippen LogP contribution in [0.25, 0.3) is 0 Å². The molecule has 1 aromatic rings. The van der Waals surface area contributed by atoms with Gasteiger partial charge in [-0.05, 0) is 6.07 Å². The summed E-state index contributed by atoms with van der Waals surface area (Å²) in [5.41, 5.74) is -7.52. The van der Waals surface area contributed by atoms with Gasteiger partial charge in [0.15, 0.2) is 6.10 Å². The van der Waals surface area contributed by atoms with Gasteiger partial charge in [0.05, 0.1) is 22.8 Å². The minimum atomic E-state index is -5.61. The Labute approximate surface area is 112 Å². The zero-order valence-corrected chi connectivity index (χ0v) is 9.75. The average molecular weight is 313 g/mol. The van der Waals surface area contributed by atoms with Crippen LogP contribution in [0.3, 0.4) is 0 Å². The van der Waals surface area contributed by atoms with E-state index in [1.54, 1.807) is 0 Å². The Morgan fingerprint density at radius 2 is 1.57 bits per heavy atom. The number of aliphatic carboxylic acids is 1. The van der Waals surface area contributed by atoms with Crippen LogP contribution in [0.2, 0.25) is 0 Å². The first-order valence-corrected chi connectivity index (χ1v) is 5.03. The maximum Gasteiger partial charge on any atom is 0.418 e. The fourth-order valence-corrected chi connectivity index (χ4v) is 1.67. The minimum absolute atomic E-state index is 0.329. The highest BCUT2D eigenvalue weighted by Crippen LogP contribution is 2.45. The first kappa shape index (κ1) is 16.8. The molecule has 1 atom stereocenters. The van der Waals surface area contributed by atoms with E-state index in [0.29, 0.717) is 12.1 Å². The number of hydrogen-bond donors (Lipinski definition) is 2. The SMILES string of the molecule is N#Cc1ccc(C(O)C(=O)O)c(C(F)(F)F)c1C(F)(F)F. The summed E-state index contributed by atoms with van der Waals surface area (Å²) in [7, 11) is 0. The zero-order valence-electron chi connectivity index (χ0n) is 9.75. The van der Waals surface area contributed by atoms with Crippen molar-refractivity contribution >= 4 is 5.97 Å². The van der Waals surface area contributed by atoms with E-state index in [0.717, 1.165) is 6.07 Å². The van der Waals surface area contributed by atoms with E-state index in [4.69, 9.17) is 15.5 Å². The van der Waals surface area contributed by atoms with Gasteiger partial charge in [-0.15, -0.1) is 0 Å². The van der Waals surface area contributed by atoms with E-state index in [1.165, 1.54) is 0 Å². The molecule has 4 nitrogen and oxygen atoms in total. The van der Waals surface area contributed by atoms with E-state index in [2.05, 4.69) is 0 Å². The maximum absolute atomic E-state index is 12.9. The molecular formula is C11H5F6NO3. The van der Waals surface area contributed by atoms with Crippen LogP contribution in [0.15, 0.2) is 12.1 Å². The number of rotatable bonds is 2. The van der Waals surface area contributed by atoms with Gasteiger partial charge in [-0.1, -0.05) is 6.07 Å². The van der Waals surface area contributed by atoms with Gasteiger partial charge in [0.1, 0.15) is 0 Å². The first-order chi connectivity index (χ1) is 9.41. The lowest BCUT2D eigenvalue weighted by atomic mass is 9.92. The third kappa shape index (κ3) is 3.25. The number of halogens is 6. The van der Waals surface area contributed by atoms with Crippen LogP contribution in [0.5, 0.6) is 0 Å². The molecule has 0 aromatic heterocycles. The monoisotopic (exact) mass is 313 g/mol. The standard InChI is InChI=1S/C11H5F6NO3/c12-10(13,14)6-4(3-18)1-2-5(8(19)9(20)21)7(6)11(15,16)17/h1-2,8,19H,(H,20,21). The number of alkyl halides is 6. The van der Waals surface area contributed by atoms with Gasteiger partial charge >= 0.3 is 18.3 Å². The van der Waals surface area contributed by atoms with Crippen molar-refractivity contribution in [3.05, 3.63) is 34.4 Å². The summed E-state index contributed by atoms with van der Waals surface area (Å²) < 4.78 is 77.0. The molecule has 0 spiro atoms. The van der Waals surface area contributed by atoms with Crippen molar-refractivity contribution in [2.75, 3.05) is 0 Å². The Morgan fingerprint density at radius 1 is 1.10 bits per heavy atom.